The summed E-state index contributed by atoms with van der Waals surface area (Å²) in [7, 11) is 0. The molecule has 1 unspecified atom stereocenters. The first-order valence-electron chi connectivity index (χ1n) is 7.10. The molecule has 0 saturated carbocycles. The molecule has 0 aliphatic rings. The molecule has 108 valence electrons. The number of unbranched alkanes of at least 4 members (excludes halogenated alkanes) is 3. The lowest BCUT2D eigenvalue weighted by atomic mass is 10.2. The van der Waals surface area contributed by atoms with E-state index >= 15 is 0 Å². The highest BCUT2D eigenvalue weighted by Gasteiger charge is 2.19. The molecule has 2 nitrogen and oxygen atoms in total. The van der Waals surface area contributed by atoms with Crippen molar-refractivity contribution in [2.24, 2.45) is 0 Å². The summed E-state index contributed by atoms with van der Waals surface area (Å²) in [5.74, 6) is 0.767. The van der Waals surface area contributed by atoms with Gasteiger partial charge in [0.1, 0.15) is 5.25 Å². The number of alkyl halides is 1. The van der Waals surface area contributed by atoms with E-state index in [4.69, 9.17) is 4.74 Å². The normalized spacial score (nSPS) is 12.4. The van der Waals surface area contributed by atoms with E-state index in [0.717, 1.165) is 44.3 Å². The zero-order valence-electron chi connectivity index (χ0n) is 11.8. The number of rotatable bonds is 12. The van der Waals surface area contributed by atoms with Crippen LogP contribution in [0.3, 0.4) is 0 Å². The average molecular weight is 278 g/mol. The van der Waals surface area contributed by atoms with Gasteiger partial charge in [-0.3, -0.25) is 9.18 Å². The van der Waals surface area contributed by atoms with Crippen LogP contribution in [0.4, 0.5) is 4.39 Å². The van der Waals surface area contributed by atoms with Crippen molar-refractivity contribution in [3.8, 4) is 0 Å². The topological polar surface area (TPSA) is 26.3 Å². The fraction of sp³-hybridized carbons (Fsp3) is 0.929. The van der Waals surface area contributed by atoms with Gasteiger partial charge in [-0.15, -0.1) is 11.8 Å². The van der Waals surface area contributed by atoms with Crippen LogP contribution in [0.25, 0.3) is 0 Å². The van der Waals surface area contributed by atoms with Crippen molar-refractivity contribution < 1.29 is 13.9 Å². The van der Waals surface area contributed by atoms with Gasteiger partial charge in [-0.2, -0.15) is 0 Å². The number of esters is 1. The van der Waals surface area contributed by atoms with Gasteiger partial charge in [-0.25, -0.2) is 0 Å². The van der Waals surface area contributed by atoms with E-state index in [-0.39, 0.29) is 17.9 Å². The molecule has 0 heterocycles. The maximum absolute atomic E-state index is 12.0. The Balaban J connectivity index is 3.90. The zero-order chi connectivity index (χ0) is 13.6. The molecule has 0 aromatic heterocycles. The fourth-order valence-corrected chi connectivity index (χ4v) is 2.68. The first kappa shape index (κ1) is 17.8. The Bertz CT molecular complexity index is 200. The molecule has 18 heavy (non-hydrogen) atoms. The van der Waals surface area contributed by atoms with Crippen molar-refractivity contribution in [1.82, 2.24) is 0 Å². The van der Waals surface area contributed by atoms with Crippen LogP contribution in [0.15, 0.2) is 0 Å². The van der Waals surface area contributed by atoms with Crippen LogP contribution in [0.5, 0.6) is 0 Å². The average Bonchev–Trinajstić information content (AvgIpc) is 2.38. The molecule has 0 radical (unpaired) electrons. The molecule has 0 spiro atoms. The number of hydrogen-bond donors (Lipinski definition) is 0. The van der Waals surface area contributed by atoms with Gasteiger partial charge in [-0.05, 0) is 31.4 Å². The minimum atomic E-state index is -0.263. The van der Waals surface area contributed by atoms with Crippen LogP contribution in [0.2, 0.25) is 0 Å². The Kier molecular flexibility index (Phi) is 13.0. The first-order chi connectivity index (χ1) is 8.76. The highest BCUT2D eigenvalue weighted by Crippen LogP contribution is 2.20. The first-order valence-corrected chi connectivity index (χ1v) is 8.15. The summed E-state index contributed by atoms with van der Waals surface area (Å²) >= 11 is 1.63. The third kappa shape index (κ3) is 9.75. The van der Waals surface area contributed by atoms with Gasteiger partial charge in [0, 0.05) is 0 Å². The lowest BCUT2D eigenvalue weighted by Crippen LogP contribution is -2.21. The van der Waals surface area contributed by atoms with E-state index in [1.54, 1.807) is 11.8 Å². The number of halogens is 1. The minimum Gasteiger partial charge on any atom is -0.465 e. The lowest BCUT2D eigenvalue weighted by Gasteiger charge is -2.15. The molecule has 0 aliphatic carbocycles. The second kappa shape index (κ2) is 13.2. The predicted molar refractivity (Wildman–Crippen MR) is 76.8 cm³/mol. The zero-order valence-corrected chi connectivity index (χ0v) is 12.6. The molecule has 0 amide bonds. The molecule has 0 aromatic carbocycles. The van der Waals surface area contributed by atoms with Gasteiger partial charge in [0.2, 0.25) is 0 Å². The van der Waals surface area contributed by atoms with Gasteiger partial charge in [0.15, 0.2) is 0 Å². The van der Waals surface area contributed by atoms with E-state index in [1.165, 1.54) is 0 Å². The van der Waals surface area contributed by atoms with Gasteiger partial charge in [0.25, 0.3) is 0 Å². The van der Waals surface area contributed by atoms with E-state index in [2.05, 4.69) is 13.8 Å². The van der Waals surface area contributed by atoms with Crippen molar-refractivity contribution in [2.45, 2.75) is 64.0 Å². The molecule has 0 saturated heterocycles. The standard InChI is InChI=1S/C14H27FO2S/c1-3-5-9-13(18-12-8-7-10-15)14(16)17-11-6-4-2/h13H,3-12H2,1-2H3. The van der Waals surface area contributed by atoms with Crippen molar-refractivity contribution in [3.05, 3.63) is 0 Å². The van der Waals surface area contributed by atoms with Gasteiger partial charge in [-0.1, -0.05) is 33.1 Å². The monoisotopic (exact) mass is 278 g/mol. The molecular weight excluding hydrogens is 251 g/mol. The lowest BCUT2D eigenvalue weighted by molar-refractivity contribution is -0.143. The summed E-state index contributed by atoms with van der Waals surface area (Å²) in [6.07, 6.45) is 6.41. The smallest absolute Gasteiger partial charge is 0.319 e. The van der Waals surface area contributed by atoms with Crippen molar-refractivity contribution in [1.29, 1.82) is 0 Å². The van der Waals surface area contributed by atoms with E-state index in [0.29, 0.717) is 13.0 Å². The van der Waals surface area contributed by atoms with Crippen molar-refractivity contribution >= 4 is 17.7 Å². The second-order valence-corrected chi connectivity index (χ2v) is 5.73. The molecule has 0 rings (SSSR count). The van der Waals surface area contributed by atoms with Crippen LogP contribution in [0.1, 0.15) is 58.8 Å². The number of thioether (sulfide) groups is 1. The van der Waals surface area contributed by atoms with E-state index < -0.39 is 0 Å². The Labute approximate surface area is 115 Å². The molecule has 0 bridgehead atoms. The van der Waals surface area contributed by atoms with E-state index in [9.17, 15) is 9.18 Å². The van der Waals surface area contributed by atoms with Gasteiger partial charge in [0.05, 0.1) is 13.3 Å². The van der Waals surface area contributed by atoms with Gasteiger partial charge < -0.3 is 4.74 Å². The fourth-order valence-electron chi connectivity index (χ4n) is 1.49. The molecule has 0 N–H and O–H groups in total. The Morgan fingerprint density at radius 1 is 1.17 bits per heavy atom. The Morgan fingerprint density at radius 3 is 2.50 bits per heavy atom. The molecular formula is C14H27FO2S. The molecule has 0 aromatic rings. The van der Waals surface area contributed by atoms with Crippen LogP contribution >= 0.6 is 11.8 Å². The van der Waals surface area contributed by atoms with Crippen LogP contribution in [0, 0.1) is 0 Å². The minimum absolute atomic E-state index is 0.0542. The van der Waals surface area contributed by atoms with Crippen LogP contribution in [-0.2, 0) is 9.53 Å². The van der Waals surface area contributed by atoms with Gasteiger partial charge >= 0.3 is 5.97 Å². The van der Waals surface area contributed by atoms with Crippen LogP contribution in [-0.4, -0.2) is 30.3 Å². The SMILES string of the molecule is CCCCOC(=O)C(CCCC)SCCCCF. The maximum atomic E-state index is 12.0. The molecule has 4 heteroatoms. The van der Waals surface area contributed by atoms with Crippen molar-refractivity contribution in [3.63, 3.8) is 0 Å². The third-order valence-corrected chi connectivity index (χ3v) is 4.03. The highest BCUT2D eigenvalue weighted by molar-refractivity contribution is 8.00. The largest absolute Gasteiger partial charge is 0.465 e. The summed E-state index contributed by atoms with van der Waals surface area (Å²) in [6.45, 7) is 4.46. The highest BCUT2D eigenvalue weighted by atomic mass is 32.2. The Morgan fingerprint density at radius 2 is 1.89 bits per heavy atom. The molecule has 1 atom stereocenters. The molecule has 0 fully saturated rings. The number of carbonyl (C=O) groups is 1. The summed E-state index contributed by atoms with van der Waals surface area (Å²) in [4.78, 5) is 11.9. The summed E-state index contributed by atoms with van der Waals surface area (Å²) in [5.41, 5.74) is 0. The quantitative estimate of drug-likeness (QED) is 0.391. The third-order valence-electron chi connectivity index (χ3n) is 2.67. The summed E-state index contributed by atoms with van der Waals surface area (Å²) in [6, 6.07) is 0. The number of hydrogen-bond acceptors (Lipinski definition) is 3. The van der Waals surface area contributed by atoms with E-state index in [1.807, 2.05) is 0 Å². The summed E-state index contributed by atoms with van der Waals surface area (Å²) in [5, 5.41) is -0.0542. The number of carbonyl (C=O) groups excluding carboxylic acids is 1. The molecule has 0 aliphatic heterocycles. The Hall–Kier alpha value is -0.250. The van der Waals surface area contributed by atoms with Crippen LogP contribution < -0.4 is 0 Å². The van der Waals surface area contributed by atoms with Crippen molar-refractivity contribution in [2.75, 3.05) is 19.0 Å². The number of ether oxygens (including phenoxy) is 1. The predicted octanol–water partition coefficient (Wildman–Crippen LogP) is 4.37. The maximum Gasteiger partial charge on any atom is 0.319 e. The summed E-state index contributed by atoms with van der Waals surface area (Å²) < 4.78 is 17.2. The second-order valence-electron chi connectivity index (χ2n) is 4.42.